The van der Waals surface area contributed by atoms with Gasteiger partial charge in [-0.05, 0) is 17.7 Å². The molecule has 1 aromatic carbocycles. The van der Waals surface area contributed by atoms with Crippen LogP contribution in [-0.4, -0.2) is 15.3 Å². The van der Waals surface area contributed by atoms with E-state index in [2.05, 4.69) is 14.7 Å². The van der Waals surface area contributed by atoms with E-state index >= 15 is 0 Å². The van der Waals surface area contributed by atoms with Gasteiger partial charge in [-0.1, -0.05) is 11.2 Å². The molecule has 90 valence electrons. The highest BCUT2D eigenvalue weighted by Gasteiger charge is 2.07. The Morgan fingerprint density at radius 2 is 2.29 bits per heavy atom. The zero-order chi connectivity index (χ0) is 12.4. The molecule has 0 spiro atoms. The normalized spacial score (nSPS) is 10.5. The molecule has 1 heterocycles. The molecule has 6 N–H and O–H groups in total. The zero-order valence-electron chi connectivity index (χ0n) is 8.75. The van der Waals surface area contributed by atoms with Crippen molar-refractivity contribution in [2.45, 2.75) is 6.42 Å². The van der Waals surface area contributed by atoms with Crippen LogP contribution in [0, 0.1) is 0 Å². The minimum atomic E-state index is -0.604. The van der Waals surface area contributed by atoms with Gasteiger partial charge in [0.1, 0.15) is 5.69 Å². The molecular formula is C9H11N5O3. The number of hydrogen-bond donors (Lipinski definition) is 4. The molecule has 0 aliphatic rings. The fourth-order valence-corrected chi connectivity index (χ4v) is 1.45. The number of aromatic amines is 1. The number of H-pyrrole nitrogens is 1. The summed E-state index contributed by atoms with van der Waals surface area (Å²) in [6, 6.07) is 4.88. The average molecular weight is 237 g/mol. The lowest BCUT2D eigenvalue weighted by Crippen LogP contribution is -2.26. The highest BCUT2D eigenvalue weighted by molar-refractivity contribution is 5.66. The third-order valence-electron chi connectivity index (χ3n) is 2.20. The highest BCUT2D eigenvalue weighted by Crippen LogP contribution is 2.22. The lowest BCUT2D eigenvalue weighted by atomic mass is 10.1. The van der Waals surface area contributed by atoms with Gasteiger partial charge in [-0.2, -0.15) is 5.17 Å². The highest BCUT2D eigenvalue weighted by atomic mass is 16.5. The van der Waals surface area contributed by atoms with E-state index in [-0.39, 0.29) is 0 Å². The molecule has 0 aliphatic heterocycles. The summed E-state index contributed by atoms with van der Waals surface area (Å²) < 4.78 is 4.37. The number of hydrogen-bond acceptors (Lipinski definition) is 7. The second-order valence-corrected chi connectivity index (χ2v) is 3.46. The standard InChI is InChI=1S/C9H11N5O3/c10-6-3-5(1-2-7(6)14(11)16)4-8-12-9(15)17-13-8/h1-3,16H,4,10-11H2,(H,12,13,15). The number of aromatic nitrogens is 2. The van der Waals surface area contributed by atoms with Crippen molar-refractivity contribution in [3.63, 3.8) is 0 Å². The first-order chi connectivity index (χ1) is 8.06. The van der Waals surface area contributed by atoms with E-state index in [0.29, 0.717) is 28.8 Å². The molecule has 0 aliphatic carbocycles. The third-order valence-corrected chi connectivity index (χ3v) is 2.20. The maximum atomic E-state index is 10.7. The van der Waals surface area contributed by atoms with Crippen molar-refractivity contribution in [2.24, 2.45) is 5.84 Å². The van der Waals surface area contributed by atoms with Crippen LogP contribution in [0.3, 0.4) is 0 Å². The van der Waals surface area contributed by atoms with Crippen molar-refractivity contribution in [2.75, 3.05) is 10.9 Å². The van der Waals surface area contributed by atoms with Gasteiger partial charge in [-0.25, -0.2) is 10.6 Å². The van der Waals surface area contributed by atoms with E-state index in [4.69, 9.17) is 16.8 Å². The van der Waals surface area contributed by atoms with Crippen molar-refractivity contribution >= 4 is 11.4 Å². The zero-order valence-corrected chi connectivity index (χ0v) is 8.75. The first kappa shape index (κ1) is 11.2. The molecule has 0 atom stereocenters. The van der Waals surface area contributed by atoms with E-state index < -0.39 is 5.76 Å². The average Bonchev–Trinajstić information content (AvgIpc) is 2.63. The Kier molecular flexibility index (Phi) is 2.81. The lowest BCUT2D eigenvalue weighted by Gasteiger charge is -2.12. The van der Waals surface area contributed by atoms with Crippen molar-refractivity contribution in [1.29, 1.82) is 0 Å². The second kappa shape index (κ2) is 4.28. The summed E-state index contributed by atoms with van der Waals surface area (Å²) in [4.78, 5) is 13.1. The number of nitrogens with one attached hydrogen (secondary N) is 1. The van der Waals surface area contributed by atoms with Crippen LogP contribution in [0.1, 0.15) is 11.4 Å². The van der Waals surface area contributed by atoms with Crippen molar-refractivity contribution in [3.8, 4) is 0 Å². The van der Waals surface area contributed by atoms with Crippen LogP contribution in [0.25, 0.3) is 0 Å². The molecule has 0 unspecified atom stereocenters. The van der Waals surface area contributed by atoms with Gasteiger partial charge in [0.05, 0.1) is 5.69 Å². The molecule has 0 radical (unpaired) electrons. The van der Waals surface area contributed by atoms with E-state index in [0.717, 1.165) is 5.56 Å². The van der Waals surface area contributed by atoms with Gasteiger partial charge >= 0.3 is 5.76 Å². The Bertz CT molecular complexity index is 574. The van der Waals surface area contributed by atoms with Gasteiger partial charge < -0.3 is 5.73 Å². The molecule has 0 amide bonds. The van der Waals surface area contributed by atoms with Crippen LogP contribution in [0.5, 0.6) is 0 Å². The SMILES string of the molecule is Nc1cc(Cc2noc(=O)[nH]2)ccc1N(N)O. The number of benzene rings is 1. The Morgan fingerprint density at radius 1 is 1.53 bits per heavy atom. The Hall–Kier alpha value is -2.32. The summed E-state index contributed by atoms with van der Waals surface area (Å²) in [7, 11) is 0. The quantitative estimate of drug-likeness (QED) is 0.324. The summed E-state index contributed by atoms with van der Waals surface area (Å²) in [6.45, 7) is 0. The number of nitrogens with zero attached hydrogens (tertiary/aromatic N) is 2. The van der Waals surface area contributed by atoms with Crippen LogP contribution >= 0.6 is 0 Å². The van der Waals surface area contributed by atoms with Gasteiger partial charge in [0.15, 0.2) is 5.82 Å². The van der Waals surface area contributed by atoms with Crippen molar-refractivity contribution < 1.29 is 9.73 Å². The molecule has 1 aromatic heterocycles. The Labute approximate surface area is 95.4 Å². The second-order valence-electron chi connectivity index (χ2n) is 3.46. The lowest BCUT2D eigenvalue weighted by molar-refractivity contribution is 0.258. The number of rotatable bonds is 3. The van der Waals surface area contributed by atoms with E-state index in [1.165, 1.54) is 0 Å². The first-order valence-electron chi connectivity index (χ1n) is 4.73. The summed E-state index contributed by atoms with van der Waals surface area (Å²) in [5.41, 5.74) is 7.10. The van der Waals surface area contributed by atoms with E-state index in [9.17, 15) is 4.79 Å². The van der Waals surface area contributed by atoms with Crippen LogP contribution in [0.4, 0.5) is 11.4 Å². The van der Waals surface area contributed by atoms with Gasteiger partial charge in [0.25, 0.3) is 0 Å². The van der Waals surface area contributed by atoms with Gasteiger partial charge in [0, 0.05) is 6.42 Å². The fraction of sp³-hybridized carbons (Fsp3) is 0.111. The monoisotopic (exact) mass is 237 g/mol. The van der Waals surface area contributed by atoms with Crippen LogP contribution in [-0.2, 0) is 6.42 Å². The molecule has 2 rings (SSSR count). The number of nitrogen functional groups attached to an aromatic ring is 1. The van der Waals surface area contributed by atoms with Crippen molar-refractivity contribution in [3.05, 3.63) is 40.1 Å². The maximum Gasteiger partial charge on any atom is 0.438 e. The predicted octanol–water partition coefficient (Wildman–Crippen LogP) is -0.395. The molecule has 2 aromatic rings. The summed E-state index contributed by atoms with van der Waals surface area (Å²) >= 11 is 0. The molecular weight excluding hydrogens is 226 g/mol. The Morgan fingerprint density at radius 3 is 2.82 bits per heavy atom. The molecule has 8 heteroatoms. The summed E-state index contributed by atoms with van der Waals surface area (Å²) in [5, 5.41) is 13.0. The number of hydrazine groups is 1. The van der Waals surface area contributed by atoms with Crippen molar-refractivity contribution in [1.82, 2.24) is 10.1 Å². The van der Waals surface area contributed by atoms with Gasteiger partial charge in [0.2, 0.25) is 0 Å². The smallest absolute Gasteiger partial charge is 0.397 e. The van der Waals surface area contributed by atoms with Crippen LogP contribution in [0.15, 0.2) is 27.5 Å². The third kappa shape index (κ3) is 2.44. The first-order valence-corrected chi connectivity index (χ1v) is 4.73. The van der Waals surface area contributed by atoms with Gasteiger partial charge in [-0.3, -0.25) is 14.7 Å². The number of nitrogens with two attached hydrogens (primary N) is 2. The largest absolute Gasteiger partial charge is 0.438 e. The molecule has 0 saturated carbocycles. The van der Waals surface area contributed by atoms with Crippen LogP contribution in [0.2, 0.25) is 0 Å². The summed E-state index contributed by atoms with van der Waals surface area (Å²) in [6.07, 6.45) is 0.367. The topological polar surface area (TPSA) is 134 Å². The number of anilines is 2. The predicted molar refractivity (Wildman–Crippen MR) is 59.2 cm³/mol. The molecule has 0 bridgehead atoms. The van der Waals surface area contributed by atoms with E-state index in [1.807, 2.05) is 0 Å². The maximum absolute atomic E-state index is 10.7. The minimum absolute atomic E-state index is 0.294. The molecule has 0 saturated heterocycles. The summed E-state index contributed by atoms with van der Waals surface area (Å²) in [5.74, 6) is 4.95. The molecule has 0 fully saturated rings. The van der Waals surface area contributed by atoms with Gasteiger partial charge in [-0.15, -0.1) is 0 Å². The van der Waals surface area contributed by atoms with E-state index in [1.54, 1.807) is 18.2 Å². The fourth-order valence-electron chi connectivity index (χ4n) is 1.45. The Balaban J connectivity index is 2.23. The van der Waals surface area contributed by atoms with Crippen LogP contribution < -0.4 is 22.5 Å². The minimum Gasteiger partial charge on any atom is -0.397 e. The molecule has 17 heavy (non-hydrogen) atoms. The molecule has 8 nitrogen and oxygen atoms in total.